The highest BCUT2D eigenvalue weighted by Crippen LogP contribution is 2.49. The maximum Gasteiger partial charge on any atom is 0.218 e. The normalized spacial score (nSPS) is 17.2. The highest BCUT2D eigenvalue weighted by Gasteiger charge is 2.42. The van der Waals surface area contributed by atoms with Crippen molar-refractivity contribution in [2.45, 2.75) is 31.2 Å². The summed E-state index contributed by atoms with van der Waals surface area (Å²) < 4.78 is 10.2. The number of thiophene rings is 1. The molecule has 3 nitrogen and oxygen atoms in total. The fraction of sp³-hybridized carbons (Fsp3) is 0.106. The van der Waals surface area contributed by atoms with Gasteiger partial charge in [-0.25, -0.2) is 0 Å². The van der Waals surface area contributed by atoms with E-state index in [9.17, 15) is 0 Å². The third kappa shape index (κ3) is 3.67. The molecule has 5 aromatic carbocycles. The number of aromatic nitrogens is 3. The topological polar surface area (TPSA) is 12.2 Å². The average molecular weight is 672 g/mol. The van der Waals surface area contributed by atoms with Crippen LogP contribution in [0.1, 0.15) is 35.9 Å². The number of allylic oxidation sites excluding steroid dienone is 1. The summed E-state index contributed by atoms with van der Waals surface area (Å²) in [5.41, 5.74) is 13.1. The van der Waals surface area contributed by atoms with Crippen molar-refractivity contribution in [3.05, 3.63) is 157 Å². The maximum atomic E-state index is 4.80. The van der Waals surface area contributed by atoms with Gasteiger partial charge in [-0.3, -0.25) is 0 Å². The van der Waals surface area contributed by atoms with Gasteiger partial charge < -0.3 is 4.40 Å². The quantitative estimate of drug-likeness (QED) is 0.142. The third-order valence-electron chi connectivity index (χ3n) is 12.0. The molecule has 7 heterocycles. The second-order valence-corrected chi connectivity index (χ2v) is 15.6. The van der Waals surface area contributed by atoms with E-state index in [4.69, 9.17) is 6.58 Å². The van der Waals surface area contributed by atoms with Gasteiger partial charge in [-0.2, -0.15) is 9.13 Å². The molecule has 2 atom stereocenters. The summed E-state index contributed by atoms with van der Waals surface area (Å²) in [6, 6.07) is 48.1. The molecule has 51 heavy (non-hydrogen) atoms. The highest BCUT2D eigenvalue weighted by atomic mass is 32.1. The molecular weight excluding hydrogens is 639 g/mol. The molecular formula is C47H33N3S+2. The standard InChI is InChI=1S/C47H33N3S/c1-28-24-42-33(30-12-2-3-13-31(30)39-16-9-11-23-49(39)42)21-20-29-25-43-38(26-35(29)40-17-8-10-22-48(28)40)45-46-36(32-14-4-6-18-41(32)50(43)46)27-37-34-15-5-7-19-44(34)51-47(37)45/h2-19,22-23,25-27,33,42H,1,20-21,24H2/q+2. The lowest BCUT2D eigenvalue weighted by atomic mass is 9.77. The van der Waals surface area contributed by atoms with E-state index in [1.165, 1.54) is 91.9 Å². The van der Waals surface area contributed by atoms with Gasteiger partial charge in [0, 0.05) is 77.5 Å². The van der Waals surface area contributed by atoms with E-state index in [0.29, 0.717) is 5.92 Å². The predicted molar refractivity (Wildman–Crippen MR) is 212 cm³/mol. The lowest BCUT2D eigenvalue weighted by molar-refractivity contribution is -0.720. The van der Waals surface area contributed by atoms with Crippen molar-refractivity contribution in [1.82, 2.24) is 4.40 Å². The molecule has 2 aliphatic rings. The Balaban J connectivity index is 1.18. The van der Waals surface area contributed by atoms with Crippen molar-refractivity contribution < 1.29 is 9.13 Å². The first-order chi connectivity index (χ1) is 25.2. The predicted octanol–water partition coefficient (Wildman–Crippen LogP) is 11.3. The van der Waals surface area contributed by atoms with Crippen LogP contribution in [0.15, 0.2) is 146 Å². The molecule has 0 amide bonds. The molecule has 5 aromatic heterocycles. The molecule has 240 valence electrons. The van der Waals surface area contributed by atoms with E-state index >= 15 is 0 Å². The molecule has 0 fully saturated rings. The van der Waals surface area contributed by atoms with E-state index in [0.717, 1.165) is 25.0 Å². The van der Waals surface area contributed by atoms with Crippen LogP contribution >= 0.6 is 11.3 Å². The molecule has 10 aromatic rings. The number of fused-ring (bicyclic) bond motifs is 19. The Labute approximate surface area is 298 Å². The molecule has 0 saturated heterocycles. The first-order valence-corrected chi connectivity index (χ1v) is 18.9. The van der Waals surface area contributed by atoms with E-state index in [2.05, 4.69) is 153 Å². The monoisotopic (exact) mass is 671 g/mol. The summed E-state index contributed by atoms with van der Waals surface area (Å²) in [5, 5.41) is 8.08. The van der Waals surface area contributed by atoms with Crippen LogP contribution in [-0.4, -0.2) is 4.40 Å². The number of nitrogens with zero attached hydrogens (tertiary/aromatic N) is 3. The van der Waals surface area contributed by atoms with Gasteiger partial charge in [-0.05, 0) is 79.1 Å². The van der Waals surface area contributed by atoms with E-state index in [-0.39, 0.29) is 6.04 Å². The number of pyridine rings is 2. The second-order valence-electron chi connectivity index (χ2n) is 14.5. The smallest absolute Gasteiger partial charge is 0.218 e. The first-order valence-electron chi connectivity index (χ1n) is 18.1. The van der Waals surface area contributed by atoms with Crippen LogP contribution < -0.4 is 9.13 Å². The highest BCUT2D eigenvalue weighted by molar-refractivity contribution is 7.26. The Kier molecular flexibility index (Phi) is 5.54. The minimum atomic E-state index is 0.277. The van der Waals surface area contributed by atoms with Crippen molar-refractivity contribution in [3.8, 4) is 22.5 Å². The van der Waals surface area contributed by atoms with Gasteiger partial charge >= 0.3 is 0 Å². The van der Waals surface area contributed by atoms with E-state index in [1.54, 1.807) is 0 Å². The molecule has 2 aliphatic heterocycles. The summed E-state index contributed by atoms with van der Waals surface area (Å²) in [5.74, 6) is 0.360. The largest absolute Gasteiger partial charge is 0.308 e. The zero-order chi connectivity index (χ0) is 33.4. The average Bonchev–Trinajstić information content (AvgIpc) is 3.83. The van der Waals surface area contributed by atoms with Crippen molar-refractivity contribution in [2.24, 2.45) is 0 Å². The van der Waals surface area contributed by atoms with Gasteiger partial charge in [0.25, 0.3) is 0 Å². The Hall–Kier alpha value is -5.84. The van der Waals surface area contributed by atoms with Crippen LogP contribution in [-0.2, 0) is 6.42 Å². The van der Waals surface area contributed by atoms with Crippen molar-refractivity contribution in [3.63, 3.8) is 0 Å². The SMILES string of the molecule is C=C1CC2C(CCc3cc4c(cc3-c3cccc[n+]31)c1c3sc5ccccc5c3cc3c5ccccc5n4c31)c1ccccc1-c1cccc[n+]12. The van der Waals surface area contributed by atoms with Crippen LogP contribution in [0.4, 0.5) is 0 Å². The van der Waals surface area contributed by atoms with Gasteiger partial charge in [0.05, 0.1) is 28.5 Å². The molecule has 0 N–H and O–H groups in total. The minimum absolute atomic E-state index is 0.277. The number of benzene rings is 5. The fourth-order valence-electron chi connectivity index (χ4n) is 9.87. The van der Waals surface area contributed by atoms with E-state index in [1.807, 2.05) is 11.3 Å². The molecule has 2 unspecified atom stereocenters. The molecule has 12 rings (SSSR count). The zero-order valence-electron chi connectivity index (χ0n) is 28.0. The summed E-state index contributed by atoms with van der Waals surface area (Å²) in [7, 11) is 0. The fourth-order valence-corrected chi connectivity index (χ4v) is 11.1. The Morgan fingerprint density at radius 3 is 2.37 bits per heavy atom. The Bertz CT molecular complexity index is 3110. The summed E-state index contributed by atoms with van der Waals surface area (Å²) in [4.78, 5) is 0. The molecule has 0 spiro atoms. The molecule has 0 bridgehead atoms. The van der Waals surface area contributed by atoms with Crippen molar-refractivity contribution in [1.29, 1.82) is 0 Å². The minimum Gasteiger partial charge on any atom is -0.308 e. The summed E-state index contributed by atoms with van der Waals surface area (Å²) >= 11 is 1.94. The van der Waals surface area contributed by atoms with Crippen LogP contribution in [0, 0.1) is 0 Å². The number of aryl methyl sites for hydroxylation is 1. The third-order valence-corrected chi connectivity index (χ3v) is 13.2. The van der Waals surface area contributed by atoms with Crippen molar-refractivity contribution >= 4 is 75.3 Å². The van der Waals surface area contributed by atoms with Crippen LogP contribution in [0.3, 0.4) is 0 Å². The molecule has 0 aliphatic carbocycles. The maximum absolute atomic E-state index is 4.80. The van der Waals surface area contributed by atoms with Crippen LogP contribution in [0.5, 0.6) is 0 Å². The molecule has 4 heteroatoms. The number of rotatable bonds is 0. The van der Waals surface area contributed by atoms with Crippen LogP contribution in [0.2, 0.25) is 0 Å². The Morgan fingerprint density at radius 1 is 0.647 bits per heavy atom. The lowest BCUT2D eigenvalue weighted by Crippen LogP contribution is -2.49. The van der Waals surface area contributed by atoms with Gasteiger partial charge in [0.15, 0.2) is 24.1 Å². The van der Waals surface area contributed by atoms with E-state index < -0.39 is 0 Å². The summed E-state index contributed by atoms with van der Waals surface area (Å²) in [6.07, 6.45) is 7.43. The first kappa shape index (κ1) is 27.9. The lowest BCUT2D eigenvalue weighted by Gasteiger charge is -2.31. The molecule has 0 radical (unpaired) electrons. The number of para-hydroxylation sites is 1. The van der Waals surface area contributed by atoms with Gasteiger partial charge in [-0.15, -0.1) is 11.3 Å². The van der Waals surface area contributed by atoms with Gasteiger partial charge in [0.1, 0.15) is 0 Å². The molecule has 0 saturated carbocycles. The van der Waals surface area contributed by atoms with Gasteiger partial charge in [0.2, 0.25) is 11.4 Å². The zero-order valence-corrected chi connectivity index (χ0v) is 28.8. The van der Waals surface area contributed by atoms with Crippen molar-refractivity contribution in [2.75, 3.05) is 0 Å². The van der Waals surface area contributed by atoms with Gasteiger partial charge in [-0.1, -0.05) is 54.6 Å². The van der Waals surface area contributed by atoms with Crippen LogP contribution in [0.25, 0.3) is 86.5 Å². The Morgan fingerprint density at radius 2 is 1.43 bits per heavy atom. The second kappa shape index (κ2) is 10.1. The number of hydrogen-bond acceptors (Lipinski definition) is 1. The number of hydrogen-bond donors (Lipinski definition) is 0. The summed E-state index contributed by atoms with van der Waals surface area (Å²) in [6.45, 7) is 4.80.